The Morgan fingerprint density at radius 2 is 1.92 bits per heavy atom. The molecule has 0 aromatic heterocycles. The van der Waals surface area contributed by atoms with Crippen LogP contribution in [0.15, 0.2) is 0 Å². The van der Waals surface area contributed by atoms with Gasteiger partial charge in [0, 0.05) is 12.4 Å². The van der Waals surface area contributed by atoms with Crippen LogP contribution in [-0.4, -0.2) is 31.7 Å². The zero-order valence-electron chi connectivity index (χ0n) is 8.37. The van der Waals surface area contributed by atoms with Gasteiger partial charge in [0.2, 0.25) is 0 Å². The molecule has 78 valence electrons. The maximum atomic E-state index is 5.74. The quantitative estimate of drug-likeness (QED) is 0.693. The summed E-state index contributed by atoms with van der Waals surface area (Å²) in [4.78, 5) is 0. The fourth-order valence-electron chi connectivity index (χ4n) is 1.72. The normalized spacial score (nSPS) is 21.7. The zero-order valence-corrected chi connectivity index (χ0v) is 9.26. The third-order valence-corrected chi connectivity index (χ3v) is 2.73. The van der Waals surface area contributed by atoms with E-state index in [9.17, 15) is 0 Å². The van der Waals surface area contributed by atoms with Crippen LogP contribution in [0.25, 0.3) is 0 Å². The van der Waals surface area contributed by atoms with Crippen LogP contribution >= 0.6 is 12.6 Å². The van der Waals surface area contributed by atoms with E-state index in [0.717, 1.165) is 6.61 Å². The van der Waals surface area contributed by atoms with E-state index in [0.29, 0.717) is 12.7 Å². The molecule has 1 unspecified atom stereocenters. The molecule has 1 aliphatic carbocycles. The summed E-state index contributed by atoms with van der Waals surface area (Å²) in [6.07, 6.45) is 6.97. The van der Waals surface area contributed by atoms with Gasteiger partial charge in [-0.25, -0.2) is 0 Å². The number of rotatable bonds is 5. The Labute approximate surface area is 86.4 Å². The van der Waals surface area contributed by atoms with Crippen LogP contribution in [0, 0.1) is 0 Å². The van der Waals surface area contributed by atoms with E-state index in [2.05, 4.69) is 12.6 Å². The lowest BCUT2D eigenvalue weighted by Gasteiger charge is -2.23. The standard InChI is InChI=1S/C10H20O2S/c1-11-7-10(13)8-12-9-5-3-2-4-6-9/h9-10,13H,2-8H2,1H3. The van der Waals surface area contributed by atoms with Crippen molar-refractivity contribution in [3.8, 4) is 0 Å². The van der Waals surface area contributed by atoms with E-state index in [-0.39, 0.29) is 5.25 Å². The summed E-state index contributed by atoms with van der Waals surface area (Å²) in [5, 5.41) is 0.229. The van der Waals surface area contributed by atoms with Gasteiger partial charge in [0.15, 0.2) is 0 Å². The van der Waals surface area contributed by atoms with Crippen LogP contribution in [0.2, 0.25) is 0 Å². The molecule has 3 heteroatoms. The van der Waals surface area contributed by atoms with Crippen molar-refractivity contribution in [3.05, 3.63) is 0 Å². The highest BCUT2D eigenvalue weighted by Gasteiger charge is 2.14. The maximum Gasteiger partial charge on any atom is 0.0608 e. The smallest absolute Gasteiger partial charge is 0.0608 e. The lowest BCUT2D eigenvalue weighted by molar-refractivity contribution is 0.0214. The summed E-state index contributed by atoms with van der Waals surface area (Å²) in [5.74, 6) is 0. The van der Waals surface area contributed by atoms with Crippen molar-refractivity contribution in [2.75, 3.05) is 20.3 Å². The fraction of sp³-hybridized carbons (Fsp3) is 1.00. The summed E-state index contributed by atoms with van der Waals surface area (Å²) in [6.45, 7) is 1.40. The molecule has 0 amide bonds. The van der Waals surface area contributed by atoms with Gasteiger partial charge in [-0.2, -0.15) is 12.6 Å². The first kappa shape index (κ1) is 11.3. The van der Waals surface area contributed by atoms with E-state index in [1.165, 1.54) is 32.1 Å². The molecule has 1 fully saturated rings. The van der Waals surface area contributed by atoms with E-state index >= 15 is 0 Å². The average Bonchev–Trinajstić information content (AvgIpc) is 2.17. The average molecular weight is 204 g/mol. The second-order valence-electron chi connectivity index (χ2n) is 3.70. The molecule has 0 bridgehead atoms. The Bertz CT molecular complexity index is 124. The molecule has 0 aromatic carbocycles. The molecule has 1 atom stereocenters. The molecular formula is C10H20O2S. The minimum atomic E-state index is 0.229. The van der Waals surface area contributed by atoms with Crippen molar-refractivity contribution >= 4 is 12.6 Å². The van der Waals surface area contributed by atoms with Crippen molar-refractivity contribution in [2.24, 2.45) is 0 Å². The minimum absolute atomic E-state index is 0.229. The summed E-state index contributed by atoms with van der Waals surface area (Å²) in [6, 6.07) is 0. The van der Waals surface area contributed by atoms with Gasteiger partial charge < -0.3 is 9.47 Å². The number of methoxy groups -OCH3 is 1. The lowest BCUT2D eigenvalue weighted by atomic mass is 9.98. The summed E-state index contributed by atoms with van der Waals surface area (Å²) < 4.78 is 10.7. The molecule has 0 aromatic rings. The summed E-state index contributed by atoms with van der Waals surface area (Å²) in [5.41, 5.74) is 0. The largest absolute Gasteiger partial charge is 0.383 e. The summed E-state index contributed by atoms with van der Waals surface area (Å²) in [7, 11) is 1.70. The van der Waals surface area contributed by atoms with Gasteiger partial charge in [-0.3, -0.25) is 0 Å². The molecule has 0 heterocycles. The van der Waals surface area contributed by atoms with Crippen LogP contribution in [0.5, 0.6) is 0 Å². The first-order valence-corrected chi connectivity index (χ1v) is 5.63. The van der Waals surface area contributed by atoms with E-state index in [1.54, 1.807) is 7.11 Å². The molecule has 1 aliphatic rings. The zero-order chi connectivity index (χ0) is 9.52. The first-order chi connectivity index (χ1) is 6.33. The second-order valence-corrected chi connectivity index (χ2v) is 4.43. The Morgan fingerprint density at radius 3 is 2.54 bits per heavy atom. The number of hydrogen-bond donors (Lipinski definition) is 1. The first-order valence-electron chi connectivity index (χ1n) is 5.11. The van der Waals surface area contributed by atoms with Crippen LogP contribution < -0.4 is 0 Å². The molecule has 13 heavy (non-hydrogen) atoms. The fourth-order valence-corrected chi connectivity index (χ4v) is 1.95. The van der Waals surface area contributed by atoms with Crippen molar-refractivity contribution in [1.82, 2.24) is 0 Å². The molecule has 0 saturated heterocycles. The molecular weight excluding hydrogens is 184 g/mol. The minimum Gasteiger partial charge on any atom is -0.383 e. The Morgan fingerprint density at radius 1 is 1.23 bits per heavy atom. The Kier molecular flexibility index (Phi) is 5.83. The highest BCUT2D eigenvalue weighted by molar-refractivity contribution is 7.81. The van der Waals surface area contributed by atoms with Crippen LogP contribution in [0.3, 0.4) is 0 Å². The molecule has 0 radical (unpaired) electrons. The van der Waals surface area contributed by atoms with Crippen molar-refractivity contribution < 1.29 is 9.47 Å². The molecule has 0 N–H and O–H groups in total. The summed E-state index contributed by atoms with van der Waals surface area (Å²) >= 11 is 4.36. The third kappa shape index (κ3) is 4.89. The SMILES string of the molecule is COCC(S)COC1CCCCC1. The monoisotopic (exact) mass is 204 g/mol. The second kappa shape index (κ2) is 6.68. The molecule has 1 saturated carbocycles. The van der Waals surface area contributed by atoms with Crippen molar-refractivity contribution in [3.63, 3.8) is 0 Å². The molecule has 0 aliphatic heterocycles. The molecule has 1 rings (SSSR count). The van der Waals surface area contributed by atoms with E-state index in [1.807, 2.05) is 0 Å². The van der Waals surface area contributed by atoms with Gasteiger partial charge in [0.05, 0.1) is 19.3 Å². The van der Waals surface area contributed by atoms with Crippen LogP contribution in [0.4, 0.5) is 0 Å². The third-order valence-electron chi connectivity index (χ3n) is 2.44. The predicted octanol–water partition coefficient (Wildman–Crippen LogP) is 2.28. The van der Waals surface area contributed by atoms with Crippen molar-refractivity contribution in [2.45, 2.75) is 43.5 Å². The maximum absolute atomic E-state index is 5.74. The predicted molar refractivity (Wildman–Crippen MR) is 57.5 cm³/mol. The van der Waals surface area contributed by atoms with Gasteiger partial charge in [0.1, 0.15) is 0 Å². The molecule has 2 nitrogen and oxygen atoms in total. The Balaban J connectivity index is 2.03. The van der Waals surface area contributed by atoms with E-state index in [4.69, 9.17) is 9.47 Å². The lowest BCUT2D eigenvalue weighted by Crippen LogP contribution is -2.23. The van der Waals surface area contributed by atoms with Gasteiger partial charge in [-0.05, 0) is 12.8 Å². The van der Waals surface area contributed by atoms with Gasteiger partial charge in [-0.15, -0.1) is 0 Å². The van der Waals surface area contributed by atoms with E-state index < -0.39 is 0 Å². The topological polar surface area (TPSA) is 18.5 Å². The van der Waals surface area contributed by atoms with Crippen LogP contribution in [0.1, 0.15) is 32.1 Å². The Hall–Kier alpha value is 0.270. The van der Waals surface area contributed by atoms with Crippen molar-refractivity contribution in [1.29, 1.82) is 0 Å². The number of thiol groups is 1. The van der Waals surface area contributed by atoms with Gasteiger partial charge in [-0.1, -0.05) is 19.3 Å². The highest BCUT2D eigenvalue weighted by Crippen LogP contribution is 2.20. The molecule has 0 spiro atoms. The van der Waals surface area contributed by atoms with Crippen LogP contribution in [-0.2, 0) is 9.47 Å². The number of hydrogen-bond acceptors (Lipinski definition) is 3. The number of ether oxygens (including phenoxy) is 2. The highest BCUT2D eigenvalue weighted by atomic mass is 32.1. The van der Waals surface area contributed by atoms with Gasteiger partial charge >= 0.3 is 0 Å². The van der Waals surface area contributed by atoms with Gasteiger partial charge in [0.25, 0.3) is 0 Å².